The molecule has 0 saturated carbocycles. The van der Waals surface area contributed by atoms with Gasteiger partial charge in [-0.3, -0.25) is 4.79 Å². The van der Waals surface area contributed by atoms with E-state index in [0.29, 0.717) is 0 Å². The number of rotatable bonds is 3. The molecule has 3 N–H and O–H groups in total. The highest BCUT2D eigenvalue weighted by molar-refractivity contribution is 7.98. The number of thioether (sulfide) groups is 1. The zero-order chi connectivity index (χ0) is 13.8. The molecule has 0 aliphatic carbocycles. The average molecular weight is 294 g/mol. The molecule has 0 saturated heterocycles. The van der Waals surface area contributed by atoms with Crippen molar-refractivity contribution in [1.29, 1.82) is 0 Å². The number of pyridine rings is 1. The highest BCUT2D eigenvalue weighted by Crippen LogP contribution is 2.25. The summed E-state index contributed by atoms with van der Waals surface area (Å²) in [6.45, 7) is 0. The maximum Gasteiger partial charge on any atom is 0.275 e. The minimum Gasteiger partial charge on any atom is -0.384 e. The van der Waals surface area contributed by atoms with Gasteiger partial charge < -0.3 is 11.1 Å². The molecule has 0 aliphatic rings. The second-order valence-corrected chi connectivity index (χ2v) is 4.98. The van der Waals surface area contributed by atoms with Gasteiger partial charge in [0.2, 0.25) is 0 Å². The first-order chi connectivity index (χ1) is 9.11. The molecule has 0 bridgehead atoms. The molecule has 0 atom stereocenters. The highest BCUT2D eigenvalue weighted by Gasteiger charge is 2.14. The van der Waals surface area contributed by atoms with Gasteiger partial charge in [0.05, 0.1) is 10.7 Å². The third kappa shape index (κ3) is 3.19. The van der Waals surface area contributed by atoms with Gasteiger partial charge in [0, 0.05) is 4.90 Å². The number of nitrogens with two attached hydrogens (primary N) is 1. The summed E-state index contributed by atoms with van der Waals surface area (Å²) in [4.78, 5) is 17.1. The molecule has 0 aliphatic heterocycles. The summed E-state index contributed by atoms with van der Waals surface area (Å²) in [6, 6.07) is 10.6. The number of amides is 1. The van der Waals surface area contributed by atoms with Crippen LogP contribution in [0.25, 0.3) is 0 Å². The van der Waals surface area contributed by atoms with E-state index in [0.717, 1.165) is 10.6 Å². The Morgan fingerprint density at radius 1 is 1.32 bits per heavy atom. The fourth-order valence-corrected chi connectivity index (χ4v) is 2.29. The average Bonchev–Trinajstić information content (AvgIpc) is 2.42. The van der Waals surface area contributed by atoms with Gasteiger partial charge in [-0.2, -0.15) is 0 Å². The van der Waals surface area contributed by atoms with Gasteiger partial charge in [-0.1, -0.05) is 23.7 Å². The topological polar surface area (TPSA) is 68.0 Å². The number of nitrogens with zero attached hydrogens (tertiary/aromatic N) is 1. The van der Waals surface area contributed by atoms with Crippen molar-refractivity contribution < 1.29 is 4.79 Å². The summed E-state index contributed by atoms with van der Waals surface area (Å²) in [7, 11) is 0. The van der Waals surface area contributed by atoms with Crippen molar-refractivity contribution in [3.63, 3.8) is 0 Å². The first-order valence-corrected chi connectivity index (χ1v) is 7.08. The van der Waals surface area contributed by atoms with Crippen molar-refractivity contribution in [3.8, 4) is 0 Å². The van der Waals surface area contributed by atoms with Crippen LogP contribution in [0.5, 0.6) is 0 Å². The number of hydrogen-bond donors (Lipinski definition) is 2. The quantitative estimate of drug-likeness (QED) is 0.852. The van der Waals surface area contributed by atoms with Gasteiger partial charge in [0.1, 0.15) is 11.5 Å². The molecule has 0 unspecified atom stereocenters. The fraction of sp³-hybridized carbons (Fsp3) is 0.0769. The molecule has 4 nitrogen and oxygen atoms in total. The van der Waals surface area contributed by atoms with Gasteiger partial charge in [0.15, 0.2) is 0 Å². The monoisotopic (exact) mass is 293 g/mol. The SMILES string of the molecule is CSc1ccccc1NC(=O)c1nc(N)ccc1Cl. The molecule has 0 radical (unpaired) electrons. The number of halogens is 1. The maximum atomic E-state index is 12.1. The third-order valence-electron chi connectivity index (χ3n) is 2.44. The van der Waals surface area contributed by atoms with Crippen LogP contribution in [0, 0.1) is 0 Å². The molecule has 1 amide bonds. The summed E-state index contributed by atoms with van der Waals surface area (Å²) in [5.41, 5.74) is 6.41. The lowest BCUT2D eigenvalue weighted by Gasteiger charge is -2.09. The van der Waals surface area contributed by atoms with Crippen LogP contribution in [0.1, 0.15) is 10.5 Å². The molecule has 1 aromatic heterocycles. The van der Waals surface area contributed by atoms with E-state index >= 15 is 0 Å². The van der Waals surface area contributed by atoms with Crippen LogP contribution in [0.4, 0.5) is 11.5 Å². The van der Waals surface area contributed by atoms with E-state index in [1.165, 1.54) is 0 Å². The van der Waals surface area contributed by atoms with Crippen LogP contribution in [0.15, 0.2) is 41.3 Å². The predicted molar refractivity (Wildman–Crippen MR) is 79.8 cm³/mol. The fourth-order valence-electron chi connectivity index (χ4n) is 1.55. The zero-order valence-corrected chi connectivity index (χ0v) is 11.8. The molecule has 2 aromatic rings. The standard InChI is InChI=1S/C13H12ClN3OS/c1-19-10-5-3-2-4-9(10)16-13(18)12-8(14)6-7-11(15)17-12/h2-7H,1H3,(H2,15,17)(H,16,18). The lowest BCUT2D eigenvalue weighted by Crippen LogP contribution is -2.15. The van der Waals surface area contributed by atoms with Crippen molar-refractivity contribution in [1.82, 2.24) is 4.98 Å². The number of nitrogen functional groups attached to an aromatic ring is 1. The smallest absolute Gasteiger partial charge is 0.275 e. The minimum atomic E-state index is -0.376. The van der Waals surface area contributed by atoms with Crippen LogP contribution in [0.2, 0.25) is 5.02 Å². The van der Waals surface area contributed by atoms with Crippen LogP contribution in [-0.2, 0) is 0 Å². The van der Waals surface area contributed by atoms with Gasteiger partial charge >= 0.3 is 0 Å². The Kier molecular flexibility index (Phi) is 4.29. The van der Waals surface area contributed by atoms with Crippen LogP contribution in [-0.4, -0.2) is 17.1 Å². The minimum absolute atomic E-state index is 0.123. The highest BCUT2D eigenvalue weighted by atomic mass is 35.5. The van der Waals surface area contributed by atoms with Crippen molar-refractivity contribution in [3.05, 3.63) is 47.1 Å². The lowest BCUT2D eigenvalue weighted by molar-refractivity contribution is 0.102. The molecule has 2 rings (SSSR count). The maximum absolute atomic E-state index is 12.1. The van der Waals surface area contributed by atoms with Crippen molar-refractivity contribution in [2.24, 2.45) is 0 Å². The van der Waals surface area contributed by atoms with Crippen molar-refractivity contribution in [2.75, 3.05) is 17.3 Å². The van der Waals surface area contributed by atoms with E-state index in [2.05, 4.69) is 10.3 Å². The molecule has 98 valence electrons. The number of hydrogen-bond acceptors (Lipinski definition) is 4. The summed E-state index contributed by atoms with van der Waals surface area (Å²) in [6.07, 6.45) is 1.94. The van der Waals surface area contributed by atoms with Crippen LogP contribution < -0.4 is 11.1 Å². The van der Waals surface area contributed by atoms with Gasteiger partial charge in [-0.15, -0.1) is 11.8 Å². The molecular formula is C13H12ClN3OS. The second kappa shape index (κ2) is 5.95. The van der Waals surface area contributed by atoms with Crippen molar-refractivity contribution >= 4 is 40.8 Å². The summed E-state index contributed by atoms with van der Waals surface area (Å²) < 4.78 is 0. The summed E-state index contributed by atoms with van der Waals surface area (Å²) in [5, 5.41) is 3.06. The first-order valence-electron chi connectivity index (χ1n) is 5.48. The molecule has 19 heavy (non-hydrogen) atoms. The lowest BCUT2D eigenvalue weighted by atomic mass is 10.3. The van der Waals surface area contributed by atoms with Gasteiger partial charge in [-0.05, 0) is 30.5 Å². The molecule has 0 spiro atoms. The number of para-hydroxylation sites is 1. The largest absolute Gasteiger partial charge is 0.384 e. The molecule has 6 heteroatoms. The summed E-state index contributed by atoms with van der Waals surface area (Å²) in [5.74, 6) is -0.119. The zero-order valence-electron chi connectivity index (χ0n) is 10.2. The molecule has 1 heterocycles. The van der Waals surface area contributed by atoms with Crippen LogP contribution in [0.3, 0.4) is 0 Å². The Hall–Kier alpha value is -1.72. The Bertz CT molecular complexity index is 619. The molecular weight excluding hydrogens is 282 g/mol. The van der Waals surface area contributed by atoms with E-state index in [-0.39, 0.29) is 22.4 Å². The number of aromatic nitrogens is 1. The van der Waals surface area contributed by atoms with E-state index in [1.807, 2.05) is 30.5 Å². The van der Waals surface area contributed by atoms with E-state index in [4.69, 9.17) is 17.3 Å². The van der Waals surface area contributed by atoms with Crippen molar-refractivity contribution in [2.45, 2.75) is 4.90 Å². The number of nitrogens with one attached hydrogen (secondary N) is 1. The Labute approximate surface area is 120 Å². The number of anilines is 2. The summed E-state index contributed by atoms with van der Waals surface area (Å²) >= 11 is 7.49. The number of carbonyl (C=O) groups excluding carboxylic acids is 1. The van der Waals surface area contributed by atoms with Gasteiger partial charge in [0.25, 0.3) is 5.91 Å². The van der Waals surface area contributed by atoms with Gasteiger partial charge in [-0.25, -0.2) is 4.98 Å². The second-order valence-electron chi connectivity index (χ2n) is 3.72. The van der Waals surface area contributed by atoms with E-state index in [1.54, 1.807) is 23.9 Å². The van der Waals surface area contributed by atoms with E-state index < -0.39 is 0 Å². The third-order valence-corrected chi connectivity index (χ3v) is 3.54. The first kappa shape index (κ1) is 13.7. The van der Waals surface area contributed by atoms with Crippen LogP contribution >= 0.6 is 23.4 Å². The van der Waals surface area contributed by atoms with E-state index in [9.17, 15) is 4.79 Å². The Morgan fingerprint density at radius 2 is 2.05 bits per heavy atom. The Morgan fingerprint density at radius 3 is 2.79 bits per heavy atom. The molecule has 0 fully saturated rings. The normalized spacial score (nSPS) is 10.2. The number of benzene rings is 1. The number of carbonyl (C=O) groups is 1. The predicted octanol–water partition coefficient (Wildman–Crippen LogP) is 3.29. The Balaban J connectivity index is 2.28. The molecule has 1 aromatic carbocycles.